The molecular formula is C21H22N4O4S2. The van der Waals surface area contributed by atoms with Gasteiger partial charge in [-0.05, 0) is 54.1 Å². The number of amides is 1. The molecule has 1 N–H and O–H groups in total. The Labute approximate surface area is 184 Å². The quantitative estimate of drug-likeness (QED) is 0.612. The molecule has 0 saturated carbocycles. The van der Waals surface area contributed by atoms with Gasteiger partial charge in [0.25, 0.3) is 11.5 Å². The Morgan fingerprint density at radius 1 is 1.23 bits per heavy atom. The van der Waals surface area contributed by atoms with Gasteiger partial charge in [0, 0.05) is 36.3 Å². The van der Waals surface area contributed by atoms with Crippen LogP contribution in [-0.2, 0) is 29.5 Å². The smallest absolute Gasteiger partial charge is 0.276 e. The second-order valence-corrected chi connectivity index (χ2v) is 10.2. The first-order valence-corrected chi connectivity index (χ1v) is 12.3. The largest absolute Gasteiger partial charge is 0.321 e. The maximum absolute atomic E-state index is 13.1. The zero-order valence-electron chi connectivity index (χ0n) is 16.9. The molecule has 0 spiro atoms. The van der Waals surface area contributed by atoms with E-state index in [0.717, 1.165) is 5.56 Å². The predicted octanol–water partition coefficient (Wildman–Crippen LogP) is 2.71. The highest BCUT2D eigenvalue weighted by Crippen LogP contribution is 2.28. The van der Waals surface area contributed by atoms with Crippen molar-refractivity contribution in [3.05, 3.63) is 74.3 Å². The molecule has 162 valence electrons. The molecular weight excluding hydrogens is 436 g/mol. The van der Waals surface area contributed by atoms with Crippen LogP contribution in [0.4, 0.5) is 5.69 Å². The number of hydrogen-bond donors (Lipinski definition) is 1. The number of aryl methyl sites for hydroxylation is 1. The molecule has 0 unspecified atom stereocenters. The van der Waals surface area contributed by atoms with Crippen LogP contribution in [0.25, 0.3) is 0 Å². The molecule has 0 radical (unpaired) electrons. The normalized spacial score (nSPS) is 14.2. The third-order valence-corrected chi connectivity index (χ3v) is 7.90. The van der Waals surface area contributed by atoms with E-state index in [1.165, 1.54) is 38.1 Å². The lowest BCUT2D eigenvalue weighted by molar-refractivity contribution is 0.101. The highest BCUT2D eigenvalue weighted by molar-refractivity contribution is 7.89. The molecule has 31 heavy (non-hydrogen) atoms. The minimum atomic E-state index is -3.70. The van der Waals surface area contributed by atoms with Gasteiger partial charge in [0.1, 0.15) is 5.69 Å². The second kappa shape index (κ2) is 8.74. The minimum Gasteiger partial charge on any atom is -0.321 e. The second-order valence-electron chi connectivity index (χ2n) is 7.22. The highest BCUT2D eigenvalue weighted by atomic mass is 32.2. The number of thiophene rings is 1. The predicted molar refractivity (Wildman–Crippen MR) is 119 cm³/mol. The fourth-order valence-electron chi connectivity index (χ4n) is 3.45. The number of nitrogens with one attached hydrogen (secondary N) is 1. The maximum atomic E-state index is 13.1. The lowest BCUT2D eigenvalue weighted by Crippen LogP contribution is -2.35. The fraction of sp³-hybridized carbons (Fsp3) is 0.286. The van der Waals surface area contributed by atoms with E-state index in [-0.39, 0.29) is 16.1 Å². The molecule has 1 aromatic carbocycles. The van der Waals surface area contributed by atoms with Crippen LogP contribution >= 0.6 is 11.3 Å². The Bertz CT molecular complexity index is 1280. The number of carbonyl (C=O) groups is 1. The summed E-state index contributed by atoms with van der Waals surface area (Å²) in [5, 5.41) is 8.74. The Morgan fingerprint density at radius 2 is 2.06 bits per heavy atom. The van der Waals surface area contributed by atoms with Crippen LogP contribution in [0, 0.1) is 0 Å². The van der Waals surface area contributed by atoms with Crippen LogP contribution in [0.15, 0.2) is 57.5 Å². The molecule has 1 aliphatic heterocycles. The van der Waals surface area contributed by atoms with Crippen molar-refractivity contribution in [1.82, 2.24) is 14.1 Å². The number of rotatable bonds is 6. The number of anilines is 1. The summed E-state index contributed by atoms with van der Waals surface area (Å²) in [6, 6.07) is 10.8. The molecule has 3 aromatic rings. The topological polar surface area (TPSA) is 101 Å². The van der Waals surface area contributed by atoms with E-state index in [4.69, 9.17) is 0 Å². The van der Waals surface area contributed by atoms with Gasteiger partial charge in [0.05, 0.1) is 4.90 Å². The number of fused-ring (bicyclic) bond motifs is 1. The number of nitrogens with zero attached hydrogens (tertiary/aromatic N) is 3. The van der Waals surface area contributed by atoms with Gasteiger partial charge < -0.3 is 5.32 Å². The van der Waals surface area contributed by atoms with Crippen LogP contribution in [-0.4, -0.2) is 35.0 Å². The van der Waals surface area contributed by atoms with Crippen molar-refractivity contribution in [3.63, 3.8) is 0 Å². The first kappa shape index (κ1) is 21.4. The van der Waals surface area contributed by atoms with Crippen molar-refractivity contribution >= 4 is 33.0 Å². The number of aromatic nitrogens is 2. The highest BCUT2D eigenvalue weighted by Gasteiger charge is 2.29. The van der Waals surface area contributed by atoms with Gasteiger partial charge in [0.2, 0.25) is 10.0 Å². The summed E-state index contributed by atoms with van der Waals surface area (Å²) in [7, 11) is -3.70. The van der Waals surface area contributed by atoms with Crippen molar-refractivity contribution in [3.8, 4) is 0 Å². The lowest BCUT2D eigenvalue weighted by Gasteiger charge is -2.26. The molecule has 0 atom stereocenters. The van der Waals surface area contributed by atoms with Gasteiger partial charge >= 0.3 is 0 Å². The minimum absolute atomic E-state index is 0.0855. The monoisotopic (exact) mass is 458 g/mol. The Balaban J connectivity index is 1.54. The van der Waals surface area contributed by atoms with Crippen molar-refractivity contribution in [2.75, 3.05) is 11.9 Å². The van der Waals surface area contributed by atoms with E-state index in [1.807, 2.05) is 18.4 Å². The van der Waals surface area contributed by atoms with Crippen molar-refractivity contribution < 1.29 is 13.2 Å². The van der Waals surface area contributed by atoms with E-state index in [1.54, 1.807) is 23.5 Å². The summed E-state index contributed by atoms with van der Waals surface area (Å²) in [6.45, 7) is 3.10. The number of carbonyl (C=O) groups excluding carboxylic acids is 1. The number of sulfonamides is 1. The van der Waals surface area contributed by atoms with Gasteiger partial charge in [-0.3, -0.25) is 9.59 Å². The molecule has 0 aliphatic carbocycles. The summed E-state index contributed by atoms with van der Waals surface area (Å²) in [4.78, 5) is 25.8. The van der Waals surface area contributed by atoms with Crippen LogP contribution in [0.2, 0.25) is 0 Å². The zero-order chi connectivity index (χ0) is 22.0. The van der Waals surface area contributed by atoms with E-state index < -0.39 is 15.9 Å². The average Bonchev–Trinajstić information content (AvgIpc) is 3.23. The molecule has 0 bridgehead atoms. The van der Waals surface area contributed by atoms with Gasteiger partial charge in [-0.15, -0.1) is 11.3 Å². The standard InChI is InChI=1S/C21H22N4O4S2/c1-2-10-25-20(26)7-6-18(23-25)21(27)22-16-4-3-5-17(13-16)31(28,29)24-11-8-19-15(14-24)9-12-30-19/h3-7,9,12-13H,2,8,10-11,14H2,1H3,(H,22,27). The molecule has 4 rings (SSSR count). The summed E-state index contributed by atoms with van der Waals surface area (Å²) in [5.41, 5.74) is 1.19. The molecule has 1 amide bonds. The summed E-state index contributed by atoms with van der Waals surface area (Å²) in [5.74, 6) is -0.514. The molecule has 0 fully saturated rings. The Hall–Kier alpha value is -2.82. The molecule has 10 heteroatoms. The summed E-state index contributed by atoms with van der Waals surface area (Å²) >= 11 is 1.65. The van der Waals surface area contributed by atoms with Crippen molar-refractivity contribution in [2.45, 2.75) is 37.8 Å². The summed E-state index contributed by atoms with van der Waals surface area (Å²) < 4.78 is 29.0. The number of benzene rings is 1. The first-order chi connectivity index (χ1) is 14.9. The molecule has 1 aliphatic rings. The molecule has 3 heterocycles. The van der Waals surface area contributed by atoms with Crippen LogP contribution in [0.1, 0.15) is 34.3 Å². The van der Waals surface area contributed by atoms with Crippen LogP contribution in [0.5, 0.6) is 0 Å². The fourth-order valence-corrected chi connectivity index (χ4v) is 5.80. The van der Waals surface area contributed by atoms with Crippen LogP contribution in [0.3, 0.4) is 0 Å². The van der Waals surface area contributed by atoms with Gasteiger partial charge in [-0.1, -0.05) is 13.0 Å². The third-order valence-electron chi connectivity index (χ3n) is 5.04. The van der Waals surface area contributed by atoms with Gasteiger partial charge in [-0.25, -0.2) is 13.1 Å². The zero-order valence-corrected chi connectivity index (χ0v) is 18.6. The first-order valence-electron chi connectivity index (χ1n) is 9.93. The SMILES string of the molecule is CCCn1nc(C(=O)Nc2cccc(S(=O)(=O)N3CCc4sccc4C3)c2)ccc1=O. The lowest BCUT2D eigenvalue weighted by atomic mass is 10.1. The van der Waals surface area contributed by atoms with E-state index in [9.17, 15) is 18.0 Å². The maximum Gasteiger partial charge on any atom is 0.276 e. The third kappa shape index (κ3) is 4.46. The Kier molecular flexibility index (Phi) is 6.03. The van der Waals surface area contributed by atoms with E-state index in [0.29, 0.717) is 38.2 Å². The molecule has 0 saturated heterocycles. The van der Waals surface area contributed by atoms with Crippen LogP contribution < -0.4 is 10.9 Å². The van der Waals surface area contributed by atoms with Gasteiger partial charge in [0.15, 0.2) is 0 Å². The van der Waals surface area contributed by atoms with E-state index in [2.05, 4.69) is 10.4 Å². The number of hydrogen-bond acceptors (Lipinski definition) is 6. The Morgan fingerprint density at radius 3 is 2.87 bits per heavy atom. The molecule has 2 aromatic heterocycles. The summed E-state index contributed by atoms with van der Waals surface area (Å²) in [6.07, 6.45) is 1.41. The van der Waals surface area contributed by atoms with Crippen molar-refractivity contribution in [2.24, 2.45) is 0 Å². The van der Waals surface area contributed by atoms with Gasteiger partial charge in [-0.2, -0.15) is 9.40 Å². The van der Waals surface area contributed by atoms with E-state index >= 15 is 0 Å². The average molecular weight is 459 g/mol. The molecule has 8 nitrogen and oxygen atoms in total. The van der Waals surface area contributed by atoms with Crippen molar-refractivity contribution in [1.29, 1.82) is 0 Å².